The van der Waals surface area contributed by atoms with Gasteiger partial charge in [-0.15, -0.1) is 0 Å². The number of hydrogen-bond acceptors (Lipinski definition) is 1. The van der Waals surface area contributed by atoms with Gasteiger partial charge in [0.1, 0.15) is 0 Å². The molecule has 1 aliphatic carbocycles. The Balaban J connectivity index is 2.00. The maximum atomic E-state index is 12.3. The highest BCUT2D eigenvalue weighted by atomic mass is 31.1. The van der Waals surface area contributed by atoms with Crippen LogP contribution in [0.1, 0.15) is 19.3 Å². The number of benzene rings is 2. The van der Waals surface area contributed by atoms with Crippen molar-refractivity contribution in [1.29, 1.82) is 0 Å². The van der Waals surface area contributed by atoms with E-state index in [1.165, 1.54) is 10.6 Å². The van der Waals surface area contributed by atoms with Gasteiger partial charge in [0.2, 0.25) is 5.91 Å². The lowest BCUT2D eigenvalue weighted by atomic mass is 10.1. The Morgan fingerprint density at radius 2 is 1.50 bits per heavy atom. The number of carbonyl (C=O) groups is 1. The number of amides is 1. The van der Waals surface area contributed by atoms with Crippen LogP contribution in [0.5, 0.6) is 0 Å². The maximum absolute atomic E-state index is 12.3. The van der Waals surface area contributed by atoms with Crippen molar-refractivity contribution >= 4 is 24.4 Å². The van der Waals surface area contributed by atoms with Gasteiger partial charge >= 0.3 is 0 Å². The van der Waals surface area contributed by atoms with Gasteiger partial charge in [-0.2, -0.15) is 0 Å². The Hall–Kier alpha value is -1.66. The number of hydrogen-bond donors (Lipinski definition) is 1. The van der Waals surface area contributed by atoms with E-state index < -0.39 is 7.92 Å². The molecule has 0 radical (unpaired) electrons. The van der Waals surface area contributed by atoms with E-state index >= 15 is 0 Å². The molecule has 1 N–H and O–H groups in total. The highest BCUT2D eigenvalue weighted by Crippen LogP contribution is 2.50. The molecular formula is C19H22NOP. The number of nitrogens with one attached hydrogen (secondary N) is 1. The van der Waals surface area contributed by atoms with Gasteiger partial charge in [-0.05, 0) is 37.0 Å². The topological polar surface area (TPSA) is 29.1 Å². The summed E-state index contributed by atoms with van der Waals surface area (Å²) < 4.78 is 0. The minimum absolute atomic E-state index is 0.150. The fraction of sp³-hybridized carbons (Fsp3) is 0.316. The summed E-state index contributed by atoms with van der Waals surface area (Å²) >= 11 is 0. The van der Waals surface area contributed by atoms with Gasteiger partial charge < -0.3 is 5.32 Å². The second-order valence-corrected chi connectivity index (χ2v) is 8.20. The zero-order chi connectivity index (χ0) is 15.4. The Labute approximate surface area is 133 Å². The fourth-order valence-corrected chi connectivity index (χ4v) is 6.59. The van der Waals surface area contributed by atoms with E-state index in [1.807, 2.05) is 0 Å². The molecule has 0 aliphatic heterocycles. The molecule has 0 heterocycles. The lowest BCUT2D eigenvalue weighted by molar-refractivity contribution is -0.124. The van der Waals surface area contributed by atoms with Crippen molar-refractivity contribution in [3.63, 3.8) is 0 Å². The van der Waals surface area contributed by atoms with Gasteiger partial charge in [0.05, 0.1) is 0 Å². The molecular weight excluding hydrogens is 289 g/mol. The summed E-state index contributed by atoms with van der Waals surface area (Å²) in [5.74, 6) is 0.360. The zero-order valence-electron chi connectivity index (χ0n) is 12.9. The van der Waals surface area contributed by atoms with Gasteiger partial charge in [0.25, 0.3) is 0 Å². The Morgan fingerprint density at radius 1 is 0.955 bits per heavy atom. The van der Waals surface area contributed by atoms with Gasteiger partial charge in [-0.25, -0.2) is 0 Å². The molecule has 22 heavy (non-hydrogen) atoms. The van der Waals surface area contributed by atoms with Crippen LogP contribution in [0.15, 0.2) is 60.7 Å². The zero-order valence-corrected chi connectivity index (χ0v) is 13.8. The van der Waals surface area contributed by atoms with Crippen LogP contribution in [0.3, 0.4) is 0 Å². The smallest absolute Gasteiger partial charge is 0.223 e. The first-order valence-electron chi connectivity index (χ1n) is 7.92. The first-order chi connectivity index (χ1) is 10.8. The van der Waals surface area contributed by atoms with Crippen LogP contribution in [0.25, 0.3) is 0 Å². The predicted octanol–water partition coefficient (Wildman–Crippen LogP) is 3.03. The molecule has 3 rings (SSSR count). The van der Waals surface area contributed by atoms with Gasteiger partial charge in [-0.1, -0.05) is 67.1 Å². The monoisotopic (exact) mass is 311 g/mol. The Morgan fingerprint density at radius 3 is 2.00 bits per heavy atom. The first kappa shape index (κ1) is 15.2. The average molecular weight is 311 g/mol. The Bertz CT molecular complexity index is 574. The molecule has 1 amide bonds. The van der Waals surface area contributed by atoms with E-state index in [1.54, 1.807) is 7.05 Å². The van der Waals surface area contributed by atoms with E-state index in [0.29, 0.717) is 5.66 Å². The van der Waals surface area contributed by atoms with E-state index in [2.05, 4.69) is 66.0 Å². The highest BCUT2D eigenvalue weighted by molar-refractivity contribution is 7.73. The predicted molar refractivity (Wildman–Crippen MR) is 94.3 cm³/mol. The molecule has 1 saturated carbocycles. The molecule has 1 fully saturated rings. The molecule has 1 aliphatic rings. The minimum Gasteiger partial charge on any atom is -0.359 e. The average Bonchev–Trinajstić information content (AvgIpc) is 3.06. The van der Waals surface area contributed by atoms with Crippen LogP contribution < -0.4 is 15.9 Å². The van der Waals surface area contributed by atoms with Crippen molar-refractivity contribution in [2.75, 3.05) is 7.05 Å². The number of carbonyl (C=O) groups excluding carboxylic acids is 1. The van der Waals surface area contributed by atoms with E-state index in [4.69, 9.17) is 0 Å². The van der Waals surface area contributed by atoms with E-state index in [-0.39, 0.29) is 11.8 Å². The Kier molecular flexibility index (Phi) is 4.90. The molecule has 0 saturated heterocycles. The molecule has 3 heteroatoms. The molecule has 2 aromatic carbocycles. The molecule has 0 spiro atoms. The molecule has 0 aromatic heterocycles. The molecule has 2 atom stereocenters. The minimum atomic E-state index is -0.490. The second-order valence-electron chi connectivity index (χ2n) is 5.76. The standard InChI is InChI=1S/C19H22NOP/c1-20-19(21)17-13-8-14-18(17)22(15-9-4-2-5-10-15)16-11-6-3-7-12-16/h2-7,9-12,17-18H,8,13-14H2,1H3,(H,20,21)/t17-,18+/m1/s1. The summed E-state index contributed by atoms with van der Waals surface area (Å²) in [6.45, 7) is 0. The van der Waals surface area contributed by atoms with Gasteiger partial charge in [-0.3, -0.25) is 4.79 Å². The summed E-state index contributed by atoms with van der Waals surface area (Å²) in [5, 5.41) is 5.62. The summed E-state index contributed by atoms with van der Waals surface area (Å²) in [4.78, 5) is 12.3. The molecule has 2 aromatic rings. The normalized spacial score (nSPS) is 21.0. The third-order valence-electron chi connectivity index (χ3n) is 4.46. The maximum Gasteiger partial charge on any atom is 0.223 e. The summed E-state index contributed by atoms with van der Waals surface area (Å²) in [6.07, 6.45) is 3.32. The molecule has 114 valence electrons. The van der Waals surface area contributed by atoms with Crippen molar-refractivity contribution in [3.05, 3.63) is 60.7 Å². The van der Waals surface area contributed by atoms with Crippen LogP contribution in [-0.2, 0) is 4.79 Å². The lowest BCUT2D eigenvalue weighted by Gasteiger charge is -2.29. The van der Waals surface area contributed by atoms with Crippen LogP contribution in [0, 0.1) is 5.92 Å². The SMILES string of the molecule is CNC(=O)[C@@H]1CCC[C@@H]1P(c1ccccc1)c1ccccc1. The van der Waals surface area contributed by atoms with Crippen LogP contribution >= 0.6 is 7.92 Å². The summed E-state index contributed by atoms with van der Waals surface area (Å²) in [7, 11) is 1.26. The third-order valence-corrected chi connectivity index (χ3v) is 7.45. The van der Waals surface area contributed by atoms with Crippen molar-refractivity contribution in [2.24, 2.45) is 5.92 Å². The van der Waals surface area contributed by atoms with E-state index in [0.717, 1.165) is 19.3 Å². The van der Waals surface area contributed by atoms with Crippen LogP contribution in [-0.4, -0.2) is 18.6 Å². The summed E-state index contributed by atoms with van der Waals surface area (Å²) in [6, 6.07) is 21.4. The van der Waals surface area contributed by atoms with E-state index in [9.17, 15) is 4.79 Å². The quantitative estimate of drug-likeness (QED) is 0.864. The molecule has 2 nitrogen and oxygen atoms in total. The van der Waals surface area contributed by atoms with Crippen molar-refractivity contribution in [2.45, 2.75) is 24.9 Å². The largest absolute Gasteiger partial charge is 0.359 e. The lowest BCUT2D eigenvalue weighted by Crippen LogP contribution is -2.34. The first-order valence-corrected chi connectivity index (χ1v) is 9.33. The summed E-state index contributed by atoms with van der Waals surface area (Å²) in [5.41, 5.74) is 0.444. The van der Waals surface area contributed by atoms with Crippen molar-refractivity contribution in [3.8, 4) is 0 Å². The number of rotatable bonds is 4. The second kappa shape index (κ2) is 7.07. The fourth-order valence-electron chi connectivity index (χ4n) is 3.45. The van der Waals surface area contributed by atoms with Crippen molar-refractivity contribution in [1.82, 2.24) is 5.32 Å². The highest BCUT2D eigenvalue weighted by Gasteiger charge is 2.38. The molecule has 0 bridgehead atoms. The van der Waals surface area contributed by atoms with Crippen LogP contribution in [0.2, 0.25) is 0 Å². The van der Waals surface area contributed by atoms with Crippen molar-refractivity contribution < 1.29 is 4.79 Å². The molecule has 0 unspecified atom stereocenters. The third kappa shape index (κ3) is 3.08. The van der Waals surface area contributed by atoms with Crippen LogP contribution in [0.4, 0.5) is 0 Å². The van der Waals surface area contributed by atoms with Gasteiger partial charge in [0, 0.05) is 13.0 Å². The van der Waals surface area contributed by atoms with Gasteiger partial charge in [0.15, 0.2) is 0 Å².